The van der Waals surface area contributed by atoms with Crippen molar-refractivity contribution >= 4 is 18.0 Å². The molecule has 35 heavy (non-hydrogen) atoms. The number of carbonyl (C=O) groups is 3. The van der Waals surface area contributed by atoms with Crippen LogP contribution in [-0.2, 0) is 14.3 Å². The number of nitrogens with zero attached hydrogens (tertiary/aromatic N) is 1. The van der Waals surface area contributed by atoms with Crippen molar-refractivity contribution in [1.82, 2.24) is 10.2 Å². The lowest BCUT2D eigenvalue weighted by Crippen LogP contribution is -2.45. The fourth-order valence-corrected chi connectivity index (χ4v) is 5.55. The van der Waals surface area contributed by atoms with Gasteiger partial charge in [0, 0.05) is 25.4 Å². The average Bonchev–Trinajstić information content (AvgIpc) is 3.53. The molecule has 7 heteroatoms. The summed E-state index contributed by atoms with van der Waals surface area (Å²) in [6, 6.07) is 16.5. The zero-order valence-electron chi connectivity index (χ0n) is 19.9. The van der Waals surface area contributed by atoms with Crippen molar-refractivity contribution in [3.05, 3.63) is 59.7 Å². The number of ether oxygens (including phenoxy) is 1. The number of fused-ring (bicyclic) bond motifs is 3. The van der Waals surface area contributed by atoms with E-state index in [1.165, 1.54) is 22.3 Å². The molecule has 2 aromatic rings. The molecule has 1 saturated heterocycles. The Morgan fingerprint density at radius 1 is 0.971 bits per heavy atom. The second-order valence-electron chi connectivity index (χ2n) is 10.2. The van der Waals surface area contributed by atoms with Crippen molar-refractivity contribution in [1.29, 1.82) is 0 Å². The van der Waals surface area contributed by atoms with Crippen molar-refractivity contribution in [3.63, 3.8) is 0 Å². The Balaban J connectivity index is 1.12. The van der Waals surface area contributed by atoms with E-state index in [1.54, 1.807) is 0 Å². The van der Waals surface area contributed by atoms with Gasteiger partial charge in [-0.15, -0.1) is 0 Å². The maximum atomic E-state index is 12.9. The molecule has 184 valence electrons. The van der Waals surface area contributed by atoms with Crippen molar-refractivity contribution in [2.75, 3.05) is 19.7 Å². The molecular weight excluding hydrogens is 444 g/mol. The quantitative estimate of drug-likeness (QED) is 0.583. The Bertz CT molecular complexity index is 1070. The van der Waals surface area contributed by atoms with Crippen molar-refractivity contribution in [2.45, 2.75) is 56.4 Å². The first-order chi connectivity index (χ1) is 16.9. The highest BCUT2D eigenvalue weighted by Crippen LogP contribution is 2.45. The van der Waals surface area contributed by atoms with Gasteiger partial charge in [-0.05, 0) is 60.3 Å². The predicted molar refractivity (Wildman–Crippen MR) is 131 cm³/mol. The van der Waals surface area contributed by atoms with E-state index < -0.39 is 17.6 Å². The van der Waals surface area contributed by atoms with E-state index >= 15 is 0 Å². The molecule has 2 aliphatic carbocycles. The predicted octanol–water partition coefficient (Wildman–Crippen LogP) is 4.55. The summed E-state index contributed by atoms with van der Waals surface area (Å²) in [5.41, 5.74) is 4.22. The number of nitrogens with one attached hydrogen (secondary N) is 1. The molecule has 0 bridgehead atoms. The van der Waals surface area contributed by atoms with Crippen LogP contribution in [0.25, 0.3) is 11.1 Å². The first-order valence-electron chi connectivity index (χ1n) is 12.6. The minimum absolute atomic E-state index is 0.00681. The van der Waals surface area contributed by atoms with Gasteiger partial charge < -0.3 is 20.1 Å². The molecule has 2 amide bonds. The van der Waals surface area contributed by atoms with Crippen LogP contribution in [0.5, 0.6) is 0 Å². The zero-order chi connectivity index (χ0) is 24.4. The standard InChI is InChI=1S/C28H32N2O5/c31-25(30-15-11-19(12-16-30)9-10-26(32)33)17-28(13-14-28)29-27(34)35-18-24-22-7-3-1-5-20(22)21-6-2-4-8-23(21)24/h1-8,19,24H,9-18H2,(H,29,34)(H,32,33). The van der Waals surface area contributed by atoms with Gasteiger partial charge in [-0.3, -0.25) is 9.59 Å². The lowest BCUT2D eigenvalue weighted by Gasteiger charge is -2.33. The highest BCUT2D eigenvalue weighted by atomic mass is 16.5. The van der Waals surface area contributed by atoms with E-state index in [0.717, 1.165) is 25.7 Å². The van der Waals surface area contributed by atoms with Gasteiger partial charge in [-0.2, -0.15) is 0 Å². The van der Waals surface area contributed by atoms with Gasteiger partial charge in [0.1, 0.15) is 6.61 Å². The number of carboxylic acids is 1. The number of hydrogen-bond donors (Lipinski definition) is 2. The Labute approximate surface area is 205 Å². The number of benzene rings is 2. The molecule has 1 saturated carbocycles. The number of hydrogen-bond acceptors (Lipinski definition) is 4. The molecule has 2 N–H and O–H groups in total. The summed E-state index contributed by atoms with van der Waals surface area (Å²) in [6.45, 7) is 1.57. The van der Waals surface area contributed by atoms with Crippen LogP contribution in [0.3, 0.4) is 0 Å². The van der Waals surface area contributed by atoms with Gasteiger partial charge in [-0.1, -0.05) is 48.5 Å². The van der Waals surface area contributed by atoms with Crippen molar-refractivity contribution < 1.29 is 24.2 Å². The smallest absolute Gasteiger partial charge is 0.407 e. The first-order valence-corrected chi connectivity index (χ1v) is 12.6. The fourth-order valence-electron chi connectivity index (χ4n) is 5.55. The van der Waals surface area contributed by atoms with E-state index in [4.69, 9.17) is 9.84 Å². The highest BCUT2D eigenvalue weighted by molar-refractivity contribution is 5.80. The Morgan fingerprint density at radius 3 is 2.14 bits per heavy atom. The number of amides is 2. The summed E-state index contributed by atoms with van der Waals surface area (Å²) in [5, 5.41) is 11.8. The fraction of sp³-hybridized carbons (Fsp3) is 0.464. The largest absolute Gasteiger partial charge is 0.481 e. The van der Waals surface area contributed by atoms with Gasteiger partial charge in [0.15, 0.2) is 0 Å². The molecule has 1 heterocycles. The number of aliphatic carboxylic acids is 1. The SMILES string of the molecule is O=C(O)CCC1CCN(C(=O)CC2(NC(=O)OCC3c4ccccc4-c4ccccc43)CC2)CC1. The molecule has 0 spiro atoms. The molecule has 0 atom stereocenters. The van der Waals surface area contributed by atoms with Crippen LogP contribution in [0, 0.1) is 5.92 Å². The number of piperidine rings is 1. The van der Waals surface area contributed by atoms with Crippen LogP contribution in [0.2, 0.25) is 0 Å². The third-order valence-corrected chi connectivity index (χ3v) is 7.79. The van der Waals surface area contributed by atoms with E-state index in [0.29, 0.717) is 25.4 Å². The third kappa shape index (κ3) is 5.19. The maximum Gasteiger partial charge on any atom is 0.407 e. The Morgan fingerprint density at radius 2 is 1.57 bits per heavy atom. The molecule has 2 fully saturated rings. The summed E-state index contributed by atoms with van der Waals surface area (Å²) in [7, 11) is 0. The summed E-state index contributed by atoms with van der Waals surface area (Å²) in [6.07, 6.45) is 3.91. The number of alkyl carbamates (subject to hydrolysis) is 1. The Kier molecular flexibility index (Phi) is 6.50. The molecule has 0 aromatic heterocycles. The molecule has 7 nitrogen and oxygen atoms in total. The highest BCUT2D eigenvalue weighted by Gasteiger charge is 2.47. The van der Waals surface area contributed by atoms with E-state index in [-0.39, 0.29) is 31.3 Å². The number of carbonyl (C=O) groups excluding carboxylic acids is 2. The summed E-state index contributed by atoms with van der Waals surface area (Å²) in [4.78, 5) is 38.2. The molecule has 0 radical (unpaired) electrons. The monoisotopic (exact) mass is 476 g/mol. The summed E-state index contributed by atoms with van der Waals surface area (Å²) < 4.78 is 5.68. The number of carboxylic acid groups (broad SMARTS) is 1. The molecular formula is C28H32N2O5. The lowest BCUT2D eigenvalue weighted by atomic mass is 9.92. The minimum Gasteiger partial charge on any atom is -0.481 e. The second kappa shape index (κ2) is 9.72. The summed E-state index contributed by atoms with van der Waals surface area (Å²) >= 11 is 0. The zero-order valence-corrected chi connectivity index (χ0v) is 19.9. The van der Waals surface area contributed by atoms with Crippen LogP contribution in [0.4, 0.5) is 4.79 Å². The van der Waals surface area contributed by atoms with Crippen LogP contribution >= 0.6 is 0 Å². The van der Waals surface area contributed by atoms with Crippen molar-refractivity contribution in [2.24, 2.45) is 5.92 Å². The number of rotatable bonds is 8. The first kappa shape index (κ1) is 23.4. The Hall–Kier alpha value is -3.35. The molecule has 1 aliphatic heterocycles. The minimum atomic E-state index is -0.765. The van der Waals surface area contributed by atoms with Gasteiger partial charge in [0.25, 0.3) is 0 Å². The molecule has 0 unspecified atom stereocenters. The van der Waals surface area contributed by atoms with Crippen LogP contribution in [-0.4, -0.2) is 53.2 Å². The van der Waals surface area contributed by atoms with Crippen LogP contribution in [0.15, 0.2) is 48.5 Å². The van der Waals surface area contributed by atoms with Gasteiger partial charge in [-0.25, -0.2) is 4.79 Å². The van der Waals surface area contributed by atoms with Gasteiger partial charge >= 0.3 is 12.1 Å². The van der Waals surface area contributed by atoms with E-state index in [9.17, 15) is 14.4 Å². The maximum absolute atomic E-state index is 12.9. The average molecular weight is 477 g/mol. The van der Waals surface area contributed by atoms with Crippen LogP contribution < -0.4 is 5.32 Å². The number of likely N-dealkylation sites (tertiary alicyclic amines) is 1. The van der Waals surface area contributed by atoms with Crippen LogP contribution in [0.1, 0.15) is 62.0 Å². The normalized spacial score (nSPS) is 18.5. The van der Waals surface area contributed by atoms with E-state index in [2.05, 4.69) is 29.6 Å². The van der Waals surface area contributed by atoms with E-state index in [1.807, 2.05) is 29.2 Å². The van der Waals surface area contributed by atoms with Gasteiger partial charge in [0.05, 0.1) is 12.0 Å². The topological polar surface area (TPSA) is 95.9 Å². The third-order valence-electron chi connectivity index (χ3n) is 7.79. The van der Waals surface area contributed by atoms with Gasteiger partial charge in [0.2, 0.25) is 5.91 Å². The molecule has 5 rings (SSSR count). The summed E-state index contributed by atoms with van der Waals surface area (Å²) in [5.74, 6) is -0.340. The second-order valence-corrected chi connectivity index (χ2v) is 10.2. The molecule has 3 aliphatic rings. The van der Waals surface area contributed by atoms with Crippen molar-refractivity contribution in [3.8, 4) is 11.1 Å². The molecule has 2 aromatic carbocycles. The lowest BCUT2D eigenvalue weighted by molar-refractivity contribution is -0.138.